The van der Waals surface area contributed by atoms with Gasteiger partial charge in [-0.1, -0.05) is 0 Å². The zero-order valence-electron chi connectivity index (χ0n) is 16.2. The maximum Gasteiger partial charge on any atom is 0.434 e. The minimum absolute atomic E-state index is 0.125. The molecule has 0 unspecified atom stereocenters. The number of nitrogens with zero attached hydrogens (tertiary/aromatic N) is 3. The Morgan fingerprint density at radius 2 is 1.88 bits per heavy atom. The number of aromatic nitrogens is 1. The van der Waals surface area contributed by atoms with Gasteiger partial charge in [-0.3, -0.25) is 4.90 Å². The molecule has 0 aliphatic heterocycles. The molecule has 5 nitrogen and oxygen atoms in total. The predicted octanol–water partition coefficient (Wildman–Crippen LogP) is 3.73. The van der Waals surface area contributed by atoms with Crippen LogP contribution in [0.25, 0.3) is 0 Å². The lowest BCUT2D eigenvalue weighted by Crippen LogP contribution is -2.41. The van der Waals surface area contributed by atoms with Crippen LogP contribution in [0.4, 0.5) is 13.2 Å². The van der Waals surface area contributed by atoms with Gasteiger partial charge in [0.2, 0.25) is 0 Å². The van der Waals surface area contributed by atoms with E-state index in [-0.39, 0.29) is 6.54 Å². The zero-order valence-corrected chi connectivity index (χ0v) is 17.0. The SMILES string of the molecule is CCNC(=NCc1nc(C(F)(F)F)cs1)NCCCN(C(C)C)C(C)C. The van der Waals surface area contributed by atoms with Crippen molar-refractivity contribution in [2.75, 3.05) is 19.6 Å². The third-order valence-corrected chi connectivity index (χ3v) is 4.60. The van der Waals surface area contributed by atoms with E-state index in [2.05, 4.69) is 53.2 Å². The van der Waals surface area contributed by atoms with Crippen molar-refractivity contribution in [3.05, 3.63) is 16.1 Å². The fourth-order valence-corrected chi connectivity index (χ4v) is 3.31. The first kappa shape index (κ1) is 22.7. The molecule has 0 aliphatic carbocycles. The van der Waals surface area contributed by atoms with Crippen molar-refractivity contribution >= 4 is 17.3 Å². The molecule has 0 atom stereocenters. The fourth-order valence-electron chi connectivity index (χ4n) is 2.58. The molecular formula is C17H30F3N5S. The Balaban J connectivity index is 2.52. The van der Waals surface area contributed by atoms with Crippen LogP contribution in [-0.4, -0.2) is 47.6 Å². The van der Waals surface area contributed by atoms with Gasteiger partial charge >= 0.3 is 6.18 Å². The van der Waals surface area contributed by atoms with Crippen molar-refractivity contribution in [2.45, 2.75) is 65.8 Å². The summed E-state index contributed by atoms with van der Waals surface area (Å²) in [5.74, 6) is 0.594. The lowest BCUT2D eigenvalue weighted by Gasteiger charge is -2.30. The van der Waals surface area contributed by atoms with Gasteiger partial charge in [-0.05, 0) is 41.0 Å². The van der Waals surface area contributed by atoms with E-state index in [1.54, 1.807) is 0 Å². The van der Waals surface area contributed by atoms with Gasteiger partial charge in [0.15, 0.2) is 11.7 Å². The number of guanidine groups is 1. The molecule has 1 heterocycles. The van der Waals surface area contributed by atoms with E-state index in [0.717, 1.165) is 36.2 Å². The van der Waals surface area contributed by atoms with Crippen molar-refractivity contribution in [2.24, 2.45) is 4.99 Å². The second-order valence-electron chi connectivity index (χ2n) is 6.53. The predicted molar refractivity (Wildman–Crippen MR) is 102 cm³/mol. The van der Waals surface area contributed by atoms with Crippen LogP contribution in [0.3, 0.4) is 0 Å². The van der Waals surface area contributed by atoms with Crippen LogP contribution >= 0.6 is 11.3 Å². The van der Waals surface area contributed by atoms with Gasteiger partial charge in [0.25, 0.3) is 0 Å². The first-order chi connectivity index (χ1) is 12.1. The van der Waals surface area contributed by atoms with Gasteiger partial charge in [0, 0.05) is 37.1 Å². The summed E-state index contributed by atoms with van der Waals surface area (Å²) in [5, 5.41) is 7.70. The van der Waals surface area contributed by atoms with Gasteiger partial charge < -0.3 is 10.6 Å². The monoisotopic (exact) mass is 393 g/mol. The van der Waals surface area contributed by atoms with Crippen LogP contribution in [0.15, 0.2) is 10.4 Å². The highest BCUT2D eigenvalue weighted by Crippen LogP contribution is 2.30. The number of hydrogen-bond donors (Lipinski definition) is 2. The highest BCUT2D eigenvalue weighted by molar-refractivity contribution is 7.09. The molecule has 26 heavy (non-hydrogen) atoms. The molecule has 2 N–H and O–H groups in total. The molecule has 0 aliphatic rings. The third kappa shape index (κ3) is 7.90. The Hall–Kier alpha value is -1.35. The van der Waals surface area contributed by atoms with Crippen molar-refractivity contribution < 1.29 is 13.2 Å². The lowest BCUT2D eigenvalue weighted by molar-refractivity contribution is -0.140. The number of aliphatic imine (C=N–C) groups is 1. The standard InChI is InChI=1S/C17H30F3N5S/c1-6-21-16(22-8-7-9-25(12(2)3)13(4)5)23-10-15-24-14(11-26-15)17(18,19)20/h11-13H,6-10H2,1-5H3,(H2,21,22,23). The highest BCUT2D eigenvalue weighted by Gasteiger charge is 2.33. The van der Waals surface area contributed by atoms with E-state index >= 15 is 0 Å². The van der Waals surface area contributed by atoms with Crippen molar-refractivity contribution in [1.82, 2.24) is 20.5 Å². The number of rotatable bonds is 9. The molecule has 0 saturated heterocycles. The lowest BCUT2D eigenvalue weighted by atomic mass is 10.2. The topological polar surface area (TPSA) is 52.6 Å². The molecule has 9 heteroatoms. The van der Waals surface area contributed by atoms with E-state index in [0.29, 0.717) is 29.6 Å². The number of alkyl halides is 3. The molecule has 1 rings (SSSR count). The van der Waals surface area contributed by atoms with E-state index < -0.39 is 11.9 Å². The zero-order chi connectivity index (χ0) is 19.7. The molecule has 0 fully saturated rings. The summed E-state index contributed by atoms with van der Waals surface area (Å²) in [6.07, 6.45) is -3.45. The van der Waals surface area contributed by atoms with Crippen molar-refractivity contribution in [3.63, 3.8) is 0 Å². The Morgan fingerprint density at radius 1 is 1.23 bits per heavy atom. The van der Waals surface area contributed by atoms with Crippen LogP contribution in [-0.2, 0) is 12.7 Å². The number of thiazole rings is 1. The summed E-state index contributed by atoms with van der Waals surface area (Å²) in [6, 6.07) is 0.981. The van der Waals surface area contributed by atoms with Gasteiger partial charge in [-0.15, -0.1) is 11.3 Å². The summed E-state index contributed by atoms with van der Waals surface area (Å²) in [5.41, 5.74) is -0.854. The Morgan fingerprint density at radius 3 is 2.38 bits per heavy atom. The molecule has 0 amide bonds. The summed E-state index contributed by atoms with van der Waals surface area (Å²) in [7, 11) is 0. The average Bonchev–Trinajstić information content (AvgIpc) is 3.00. The highest BCUT2D eigenvalue weighted by atomic mass is 32.1. The quantitative estimate of drug-likeness (QED) is 0.381. The summed E-state index contributed by atoms with van der Waals surface area (Å²) < 4.78 is 37.8. The van der Waals surface area contributed by atoms with Gasteiger partial charge in [-0.2, -0.15) is 13.2 Å². The maximum atomic E-state index is 12.6. The summed E-state index contributed by atoms with van der Waals surface area (Å²) >= 11 is 0.975. The molecule has 150 valence electrons. The van der Waals surface area contributed by atoms with Crippen LogP contribution < -0.4 is 10.6 Å². The Bertz CT molecular complexity index is 547. The summed E-state index contributed by atoms with van der Waals surface area (Å²) in [6.45, 7) is 13.2. The molecule has 1 aromatic rings. The second kappa shape index (κ2) is 10.7. The molecule has 0 aromatic carbocycles. The van der Waals surface area contributed by atoms with E-state index in [4.69, 9.17) is 0 Å². The first-order valence-electron chi connectivity index (χ1n) is 8.94. The average molecular weight is 394 g/mol. The Kier molecular flexibility index (Phi) is 9.35. The van der Waals surface area contributed by atoms with Crippen molar-refractivity contribution in [1.29, 1.82) is 0 Å². The minimum atomic E-state index is -4.40. The minimum Gasteiger partial charge on any atom is -0.357 e. The molecular weight excluding hydrogens is 363 g/mol. The van der Waals surface area contributed by atoms with Crippen LogP contribution in [0.2, 0.25) is 0 Å². The van der Waals surface area contributed by atoms with Gasteiger partial charge in [0.1, 0.15) is 5.01 Å². The second-order valence-corrected chi connectivity index (χ2v) is 7.47. The van der Waals surface area contributed by atoms with Crippen molar-refractivity contribution in [3.8, 4) is 0 Å². The van der Waals surface area contributed by atoms with E-state index in [9.17, 15) is 13.2 Å². The van der Waals surface area contributed by atoms with E-state index in [1.165, 1.54) is 0 Å². The number of nitrogens with one attached hydrogen (secondary N) is 2. The van der Waals surface area contributed by atoms with E-state index in [1.807, 2.05) is 6.92 Å². The summed E-state index contributed by atoms with van der Waals surface area (Å²) in [4.78, 5) is 10.3. The van der Waals surface area contributed by atoms with Crippen LogP contribution in [0.1, 0.15) is 51.7 Å². The maximum absolute atomic E-state index is 12.6. The van der Waals surface area contributed by atoms with Gasteiger partial charge in [0.05, 0.1) is 6.54 Å². The number of halogens is 3. The Labute approximate surface area is 158 Å². The first-order valence-corrected chi connectivity index (χ1v) is 9.82. The third-order valence-electron chi connectivity index (χ3n) is 3.77. The molecule has 0 saturated carbocycles. The number of hydrogen-bond acceptors (Lipinski definition) is 4. The normalized spacial score (nSPS) is 13.1. The fraction of sp³-hybridized carbons (Fsp3) is 0.765. The smallest absolute Gasteiger partial charge is 0.357 e. The molecule has 1 aromatic heterocycles. The van der Waals surface area contributed by atoms with Crippen LogP contribution in [0.5, 0.6) is 0 Å². The molecule has 0 spiro atoms. The van der Waals surface area contributed by atoms with Crippen LogP contribution in [0, 0.1) is 0 Å². The van der Waals surface area contributed by atoms with Gasteiger partial charge in [-0.25, -0.2) is 9.98 Å². The molecule has 0 bridgehead atoms. The largest absolute Gasteiger partial charge is 0.434 e. The molecule has 0 radical (unpaired) electrons.